The van der Waals surface area contributed by atoms with E-state index in [9.17, 15) is 9.18 Å². The summed E-state index contributed by atoms with van der Waals surface area (Å²) in [6.45, 7) is 6.16. The number of carbonyl (C=O) groups is 1. The Kier molecular flexibility index (Phi) is 4.59. The summed E-state index contributed by atoms with van der Waals surface area (Å²) in [5, 5.41) is 2.86. The minimum atomic E-state index is -0.519. The van der Waals surface area contributed by atoms with Gasteiger partial charge in [-0.1, -0.05) is 38.4 Å². The van der Waals surface area contributed by atoms with Crippen molar-refractivity contribution in [2.24, 2.45) is 23.0 Å². The van der Waals surface area contributed by atoms with Crippen molar-refractivity contribution in [3.63, 3.8) is 0 Å². The van der Waals surface area contributed by atoms with Crippen LogP contribution in [-0.4, -0.2) is 11.9 Å². The Morgan fingerprint density at radius 1 is 1.43 bits per heavy atom. The van der Waals surface area contributed by atoms with Crippen LogP contribution in [0.15, 0.2) is 18.2 Å². The van der Waals surface area contributed by atoms with E-state index >= 15 is 0 Å². The third-order valence-corrected chi connectivity index (χ3v) is 5.35. The minimum Gasteiger partial charge on any atom is -0.327 e. The third-order valence-electron chi connectivity index (χ3n) is 5.03. The van der Waals surface area contributed by atoms with Gasteiger partial charge in [0.15, 0.2) is 0 Å². The molecule has 1 aromatic carbocycles. The normalized spacial score (nSPS) is 28.2. The molecule has 116 valence electrons. The summed E-state index contributed by atoms with van der Waals surface area (Å²) in [5.41, 5.74) is 5.93. The number of hydrogen-bond donors (Lipinski definition) is 2. The van der Waals surface area contributed by atoms with Crippen LogP contribution in [0.4, 0.5) is 10.1 Å². The van der Waals surface area contributed by atoms with Gasteiger partial charge >= 0.3 is 0 Å². The highest BCUT2D eigenvalue weighted by Gasteiger charge is 2.45. The summed E-state index contributed by atoms with van der Waals surface area (Å²) in [4.78, 5) is 12.6. The second kappa shape index (κ2) is 5.93. The lowest BCUT2D eigenvalue weighted by Gasteiger charge is -2.46. The summed E-state index contributed by atoms with van der Waals surface area (Å²) in [7, 11) is 0. The van der Waals surface area contributed by atoms with E-state index in [4.69, 9.17) is 17.3 Å². The predicted octanol–water partition coefficient (Wildman–Crippen LogP) is 3.82. The van der Waals surface area contributed by atoms with Crippen molar-refractivity contribution in [1.82, 2.24) is 0 Å². The zero-order valence-corrected chi connectivity index (χ0v) is 13.4. The molecule has 1 aliphatic rings. The monoisotopic (exact) mass is 312 g/mol. The molecular weight excluding hydrogens is 291 g/mol. The molecule has 1 saturated carbocycles. The van der Waals surface area contributed by atoms with Crippen LogP contribution < -0.4 is 11.1 Å². The van der Waals surface area contributed by atoms with Gasteiger partial charge in [-0.2, -0.15) is 0 Å². The highest BCUT2D eigenvalue weighted by molar-refractivity contribution is 6.33. The van der Waals surface area contributed by atoms with Crippen LogP contribution in [0.2, 0.25) is 5.02 Å². The van der Waals surface area contributed by atoms with Gasteiger partial charge in [0.1, 0.15) is 5.82 Å². The molecule has 2 rings (SSSR count). The van der Waals surface area contributed by atoms with E-state index in [1.165, 1.54) is 12.1 Å². The lowest BCUT2D eigenvalue weighted by molar-refractivity contribution is -0.127. The van der Waals surface area contributed by atoms with Gasteiger partial charge in [0.2, 0.25) is 5.91 Å². The minimum absolute atomic E-state index is 0.0579. The van der Waals surface area contributed by atoms with Crippen molar-refractivity contribution < 1.29 is 9.18 Å². The van der Waals surface area contributed by atoms with Crippen LogP contribution in [0.25, 0.3) is 0 Å². The SMILES string of the molecule is CC1C(N)CCC(C(=O)Nc2c(F)cccc2Cl)C1(C)C. The topological polar surface area (TPSA) is 55.1 Å². The second-order valence-corrected chi connectivity index (χ2v) is 6.90. The standard InChI is InChI=1S/C16H22ClFN2O/c1-9-13(19)8-7-10(16(9,2)3)15(21)20-14-11(17)5-4-6-12(14)18/h4-6,9-10,13H,7-8,19H2,1-3H3,(H,20,21). The highest BCUT2D eigenvalue weighted by Crippen LogP contribution is 2.45. The molecule has 1 aliphatic carbocycles. The number of amides is 1. The Morgan fingerprint density at radius 2 is 2.10 bits per heavy atom. The first-order valence-corrected chi connectivity index (χ1v) is 7.63. The van der Waals surface area contributed by atoms with Gasteiger partial charge in [-0.05, 0) is 36.3 Å². The molecule has 3 unspecified atom stereocenters. The van der Waals surface area contributed by atoms with Gasteiger partial charge in [-0.25, -0.2) is 4.39 Å². The number of nitrogens with two attached hydrogens (primary N) is 1. The van der Waals surface area contributed by atoms with Crippen molar-refractivity contribution in [2.75, 3.05) is 5.32 Å². The molecule has 0 aromatic heterocycles. The van der Waals surface area contributed by atoms with Gasteiger partial charge in [-0.15, -0.1) is 0 Å². The molecule has 1 amide bonds. The molecule has 0 heterocycles. The van der Waals surface area contributed by atoms with E-state index < -0.39 is 5.82 Å². The first-order valence-electron chi connectivity index (χ1n) is 7.25. The molecule has 0 spiro atoms. The first-order chi connectivity index (χ1) is 9.75. The number of halogens is 2. The number of rotatable bonds is 2. The van der Waals surface area contributed by atoms with E-state index in [1.807, 2.05) is 13.8 Å². The average Bonchev–Trinajstić information content (AvgIpc) is 2.40. The Bertz CT molecular complexity index is 527. The van der Waals surface area contributed by atoms with Crippen LogP contribution in [-0.2, 0) is 4.79 Å². The number of hydrogen-bond acceptors (Lipinski definition) is 2. The zero-order chi connectivity index (χ0) is 15.8. The molecule has 3 atom stereocenters. The molecule has 0 bridgehead atoms. The Labute approximate surface area is 130 Å². The van der Waals surface area contributed by atoms with E-state index in [1.54, 1.807) is 6.07 Å². The van der Waals surface area contributed by atoms with Crippen molar-refractivity contribution in [2.45, 2.75) is 39.7 Å². The maximum Gasteiger partial charge on any atom is 0.228 e. The van der Waals surface area contributed by atoms with E-state index in [0.717, 1.165) is 6.42 Å². The molecule has 3 nitrogen and oxygen atoms in total. The molecule has 0 aliphatic heterocycles. The fourth-order valence-electron chi connectivity index (χ4n) is 3.15. The van der Waals surface area contributed by atoms with Crippen LogP contribution >= 0.6 is 11.6 Å². The summed E-state index contributed by atoms with van der Waals surface area (Å²) in [6.07, 6.45) is 1.50. The number of para-hydroxylation sites is 1. The average molecular weight is 313 g/mol. The fraction of sp³-hybridized carbons (Fsp3) is 0.562. The fourth-order valence-corrected chi connectivity index (χ4v) is 3.36. The molecule has 0 saturated heterocycles. The van der Waals surface area contributed by atoms with Gasteiger partial charge in [0.25, 0.3) is 0 Å². The smallest absolute Gasteiger partial charge is 0.228 e. The van der Waals surface area contributed by atoms with Gasteiger partial charge < -0.3 is 11.1 Å². The molecule has 1 fully saturated rings. The second-order valence-electron chi connectivity index (χ2n) is 6.49. The number of anilines is 1. The van der Waals surface area contributed by atoms with Gasteiger partial charge in [0.05, 0.1) is 10.7 Å². The Hall–Kier alpha value is -1.13. The summed E-state index contributed by atoms with van der Waals surface area (Å²) in [6, 6.07) is 4.46. The maximum absolute atomic E-state index is 13.8. The van der Waals surface area contributed by atoms with Gasteiger partial charge in [0, 0.05) is 12.0 Å². The van der Waals surface area contributed by atoms with Crippen molar-refractivity contribution in [3.05, 3.63) is 29.0 Å². The van der Waals surface area contributed by atoms with E-state index in [-0.39, 0.29) is 39.9 Å². The Morgan fingerprint density at radius 3 is 2.71 bits per heavy atom. The molecule has 0 radical (unpaired) electrons. The number of benzene rings is 1. The van der Waals surface area contributed by atoms with Crippen molar-refractivity contribution in [1.29, 1.82) is 0 Å². The van der Waals surface area contributed by atoms with Crippen LogP contribution in [0.1, 0.15) is 33.6 Å². The third kappa shape index (κ3) is 3.06. The molecule has 21 heavy (non-hydrogen) atoms. The number of nitrogens with one attached hydrogen (secondary N) is 1. The van der Waals surface area contributed by atoms with Gasteiger partial charge in [-0.3, -0.25) is 4.79 Å². The summed E-state index contributed by atoms with van der Waals surface area (Å²) in [5.74, 6) is -0.693. The van der Waals surface area contributed by atoms with Crippen LogP contribution in [0, 0.1) is 23.1 Å². The maximum atomic E-state index is 13.8. The number of carbonyl (C=O) groups excluding carboxylic acids is 1. The highest BCUT2D eigenvalue weighted by atomic mass is 35.5. The lowest BCUT2D eigenvalue weighted by atomic mass is 9.61. The zero-order valence-electron chi connectivity index (χ0n) is 12.6. The van der Waals surface area contributed by atoms with Crippen LogP contribution in [0.5, 0.6) is 0 Å². The lowest BCUT2D eigenvalue weighted by Crippen LogP contribution is -2.50. The van der Waals surface area contributed by atoms with E-state index in [2.05, 4.69) is 12.2 Å². The summed E-state index contributed by atoms with van der Waals surface area (Å²) < 4.78 is 13.8. The van der Waals surface area contributed by atoms with Crippen molar-refractivity contribution >= 4 is 23.2 Å². The molecule has 1 aromatic rings. The Balaban J connectivity index is 2.21. The van der Waals surface area contributed by atoms with Crippen LogP contribution in [0.3, 0.4) is 0 Å². The predicted molar refractivity (Wildman–Crippen MR) is 83.7 cm³/mol. The van der Waals surface area contributed by atoms with E-state index in [0.29, 0.717) is 6.42 Å². The first kappa shape index (κ1) is 16.2. The summed E-state index contributed by atoms with van der Waals surface area (Å²) >= 11 is 5.96. The molecule has 5 heteroatoms. The molecular formula is C16H22ClFN2O. The quantitative estimate of drug-likeness (QED) is 0.872. The van der Waals surface area contributed by atoms with Crippen molar-refractivity contribution in [3.8, 4) is 0 Å². The molecule has 3 N–H and O–H groups in total. The largest absolute Gasteiger partial charge is 0.327 e.